The van der Waals surface area contributed by atoms with Gasteiger partial charge in [0.25, 0.3) is 0 Å². The van der Waals surface area contributed by atoms with Crippen LogP contribution in [0.15, 0.2) is 34.9 Å². The van der Waals surface area contributed by atoms with E-state index in [0.717, 1.165) is 38.4 Å². The quantitative estimate of drug-likeness (QED) is 0.796. The maximum absolute atomic E-state index is 12.7. The molecule has 0 unspecified atom stereocenters. The monoisotopic (exact) mass is 375 g/mol. The molecule has 0 spiro atoms. The molecule has 0 aliphatic carbocycles. The lowest BCUT2D eigenvalue weighted by Crippen LogP contribution is -2.29. The number of ketones is 1. The third kappa shape index (κ3) is 3.68. The van der Waals surface area contributed by atoms with Crippen molar-refractivity contribution >= 4 is 33.3 Å². The van der Waals surface area contributed by atoms with Gasteiger partial charge in [-0.2, -0.15) is 0 Å². The molecule has 3 rings (SSSR count). The number of halogens is 1. The molecule has 1 aliphatic rings. The third-order valence-corrected chi connectivity index (χ3v) is 4.19. The van der Waals surface area contributed by atoms with Crippen LogP contribution in [0.3, 0.4) is 0 Å². The molecule has 0 aromatic carbocycles. The zero-order valence-corrected chi connectivity index (χ0v) is 14.2. The van der Waals surface area contributed by atoms with Crippen LogP contribution in [0, 0.1) is 0 Å². The first kappa shape index (κ1) is 15.9. The second-order valence-corrected chi connectivity index (χ2v) is 6.30. The average Bonchev–Trinajstić information content (AvgIpc) is 2.86. The molecule has 2 aromatic rings. The predicted molar refractivity (Wildman–Crippen MR) is 93.7 cm³/mol. The zero-order valence-electron chi connectivity index (χ0n) is 12.6. The second kappa shape index (κ2) is 7.06. The predicted octanol–water partition coefficient (Wildman–Crippen LogP) is 1.85. The molecule has 23 heavy (non-hydrogen) atoms. The molecule has 0 saturated carbocycles. The minimum atomic E-state index is -0.217. The summed E-state index contributed by atoms with van der Waals surface area (Å²) in [5, 5.41) is 3.36. The number of rotatable bonds is 3. The Labute approximate surface area is 143 Å². The molecule has 1 aliphatic heterocycles. The highest BCUT2D eigenvalue weighted by molar-refractivity contribution is 9.10. The Morgan fingerprint density at radius 3 is 3.04 bits per heavy atom. The van der Waals surface area contributed by atoms with Crippen molar-refractivity contribution in [1.82, 2.24) is 15.3 Å². The van der Waals surface area contributed by atoms with Crippen LogP contribution in [0.5, 0.6) is 0 Å². The summed E-state index contributed by atoms with van der Waals surface area (Å²) in [5.74, 6) is 0.816. The molecule has 1 fully saturated rings. The normalized spacial score (nSPS) is 15.3. The van der Waals surface area contributed by atoms with E-state index in [4.69, 9.17) is 5.73 Å². The van der Waals surface area contributed by atoms with E-state index in [1.54, 1.807) is 18.3 Å². The highest BCUT2D eigenvalue weighted by Gasteiger charge is 2.17. The summed E-state index contributed by atoms with van der Waals surface area (Å²) in [5.41, 5.74) is 6.57. The van der Waals surface area contributed by atoms with E-state index < -0.39 is 0 Å². The van der Waals surface area contributed by atoms with Gasteiger partial charge in [0.05, 0.1) is 5.56 Å². The van der Waals surface area contributed by atoms with Gasteiger partial charge < -0.3 is 16.0 Å². The lowest BCUT2D eigenvalue weighted by Gasteiger charge is -2.21. The van der Waals surface area contributed by atoms with Crippen molar-refractivity contribution in [2.45, 2.75) is 6.42 Å². The van der Waals surface area contributed by atoms with Crippen molar-refractivity contribution in [2.75, 3.05) is 36.8 Å². The van der Waals surface area contributed by atoms with Gasteiger partial charge in [0.15, 0.2) is 0 Å². The number of hydrogen-bond acceptors (Lipinski definition) is 6. The van der Waals surface area contributed by atoms with Crippen molar-refractivity contribution < 1.29 is 4.79 Å². The van der Waals surface area contributed by atoms with Crippen LogP contribution in [0.25, 0.3) is 0 Å². The number of hydrogen-bond donors (Lipinski definition) is 2. The topological polar surface area (TPSA) is 84.1 Å². The summed E-state index contributed by atoms with van der Waals surface area (Å²) in [6.45, 7) is 3.74. The molecule has 1 saturated heterocycles. The van der Waals surface area contributed by atoms with Crippen LogP contribution >= 0.6 is 15.9 Å². The molecular weight excluding hydrogens is 358 g/mol. The Balaban J connectivity index is 1.89. The van der Waals surface area contributed by atoms with Crippen molar-refractivity contribution in [1.29, 1.82) is 0 Å². The lowest BCUT2D eigenvalue weighted by molar-refractivity contribution is 0.103. The van der Waals surface area contributed by atoms with Gasteiger partial charge in [-0.25, -0.2) is 9.97 Å². The standard InChI is InChI=1S/C16H18BrN5O/c17-11-9-12(16(18)20-10-11)15(23)13-3-1-4-14(21-13)22-7-2-5-19-6-8-22/h1,3-4,9-10,19H,2,5-8H2,(H2,18,20). The van der Waals surface area contributed by atoms with Crippen molar-refractivity contribution in [3.63, 3.8) is 0 Å². The van der Waals surface area contributed by atoms with E-state index in [1.165, 1.54) is 0 Å². The van der Waals surface area contributed by atoms with Crippen LogP contribution in [0.4, 0.5) is 11.6 Å². The summed E-state index contributed by atoms with van der Waals surface area (Å²) in [4.78, 5) is 23.4. The molecule has 0 atom stereocenters. The maximum Gasteiger partial charge on any atom is 0.215 e. The fraction of sp³-hybridized carbons (Fsp3) is 0.312. The van der Waals surface area contributed by atoms with Crippen LogP contribution in [0.1, 0.15) is 22.5 Å². The van der Waals surface area contributed by atoms with Crippen molar-refractivity contribution in [2.24, 2.45) is 0 Å². The Kier molecular flexibility index (Phi) is 4.88. The van der Waals surface area contributed by atoms with Gasteiger partial charge in [-0.1, -0.05) is 6.07 Å². The average molecular weight is 376 g/mol. The Morgan fingerprint density at radius 1 is 1.30 bits per heavy atom. The Morgan fingerprint density at radius 2 is 2.17 bits per heavy atom. The number of nitrogens with two attached hydrogens (primary N) is 1. The van der Waals surface area contributed by atoms with Gasteiger partial charge in [0.1, 0.15) is 17.3 Å². The zero-order chi connectivity index (χ0) is 16.2. The number of carbonyl (C=O) groups excluding carboxylic acids is 1. The first-order chi connectivity index (χ1) is 11.1. The summed E-state index contributed by atoms with van der Waals surface area (Å²) < 4.78 is 0.713. The second-order valence-electron chi connectivity index (χ2n) is 5.39. The SMILES string of the molecule is Nc1ncc(Br)cc1C(=O)c1cccc(N2CCCNCC2)n1. The van der Waals surface area contributed by atoms with E-state index in [9.17, 15) is 4.79 Å². The van der Waals surface area contributed by atoms with Gasteiger partial charge in [0.2, 0.25) is 5.78 Å². The minimum Gasteiger partial charge on any atom is -0.383 e. The summed E-state index contributed by atoms with van der Waals surface area (Å²) in [6.07, 6.45) is 2.63. The third-order valence-electron chi connectivity index (χ3n) is 3.76. The molecule has 3 heterocycles. The van der Waals surface area contributed by atoms with E-state index in [-0.39, 0.29) is 11.6 Å². The number of anilines is 2. The Hall–Kier alpha value is -1.99. The fourth-order valence-corrected chi connectivity index (χ4v) is 2.90. The van der Waals surface area contributed by atoms with Crippen LogP contribution < -0.4 is 16.0 Å². The highest BCUT2D eigenvalue weighted by atomic mass is 79.9. The number of nitrogens with one attached hydrogen (secondary N) is 1. The van der Waals surface area contributed by atoms with Gasteiger partial charge in [-0.3, -0.25) is 4.79 Å². The maximum atomic E-state index is 12.7. The van der Waals surface area contributed by atoms with Crippen LogP contribution in [-0.2, 0) is 0 Å². The van der Waals surface area contributed by atoms with Crippen molar-refractivity contribution in [3.05, 3.63) is 46.2 Å². The van der Waals surface area contributed by atoms with E-state index in [2.05, 4.69) is 36.1 Å². The first-order valence-electron chi connectivity index (χ1n) is 7.53. The number of pyridine rings is 2. The molecule has 3 N–H and O–H groups in total. The molecule has 2 aromatic heterocycles. The van der Waals surface area contributed by atoms with Gasteiger partial charge >= 0.3 is 0 Å². The lowest BCUT2D eigenvalue weighted by atomic mass is 10.1. The molecule has 6 nitrogen and oxygen atoms in total. The van der Waals surface area contributed by atoms with Crippen LogP contribution in [0.2, 0.25) is 0 Å². The van der Waals surface area contributed by atoms with Gasteiger partial charge in [0, 0.05) is 30.3 Å². The minimum absolute atomic E-state index is 0.212. The number of nitrogens with zero attached hydrogens (tertiary/aromatic N) is 3. The molecule has 0 radical (unpaired) electrons. The Bertz CT molecular complexity index is 713. The molecular formula is C16H18BrN5O. The number of nitrogen functional groups attached to an aromatic ring is 1. The van der Waals surface area contributed by atoms with Crippen LogP contribution in [-0.4, -0.2) is 41.9 Å². The van der Waals surface area contributed by atoms with E-state index >= 15 is 0 Å². The molecule has 7 heteroatoms. The molecule has 0 amide bonds. The fourth-order valence-electron chi connectivity index (χ4n) is 2.57. The largest absolute Gasteiger partial charge is 0.383 e. The number of aromatic nitrogens is 2. The smallest absolute Gasteiger partial charge is 0.215 e. The number of carbonyl (C=O) groups is 1. The van der Waals surface area contributed by atoms with Crippen molar-refractivity contribution in [3.8, 4) is 0 Å². The van der Waals surface area contributed by atoms with E-state index in [0.29, 0.717) is 15.7 Å². The van der Waals surface area contributed by atoms with E-state index in [1.807, 2.05) is 12.1 Å². The van der Waals surface area contributed by atoms with Gasteiger partial charge in [-0.05, 0) is 47.1 Å². The molecule has 120 valence electrons. The highest BCUT2D eigenvalue weighted by Crippen LogP contribution is 2.20. The summed E-state index contributed by atoms with van der Waals surface area (Å²) >= 11 is 3.32. The summed E-state index contributed by atoms with van der Waals surface area (Å²) in [6, 6.07) is 7.18. The molecule has 0 bridgehead atoms. The van der Waals surface area contributed by atoms with Gasteiger partial charge in [-0.15, -0.1) is 0 Å². The summed E-state index contributed by atoms with van der Waals surface area (Å²) in [7, 11) is 0. The first-order valence-corrected chi connectivity index (χ1v) is 8.33.